The van der Waals surface area contributed by atoms with Crippen molar-refractivity contribution >= 4 is 11.7 Å². The maximum absolute atomic E-state index is 12.6. The van der Waals surface area contributed by atoms with Gasteiger partial charge in [0.2, 0.25) is 0 Å². The van der Waals surface area contributed by atoms with E-state index in [0.717, 1.165) is 19.6 Å². The molecule has 23 heavy (non-hydrogen) atoms. The van der Waals surface area contributed by atoms with Crippen molar-refractivity contribution in [2.24, 2.45) is 5.92 Å². The number of carbonyl (C=O) groups excluding carboxylic acids is 2. The predicted molar refractivity (Wildman–Crippen MR) is 86.9 cm³/mol. The van der Waals surface area contributed by atoms with Gasteiger partial charge in [0.05, 0.1) is 0 Å². The van der Waals surface area contributed by atoms with Crippen LogP contribution in [0.4, 0.5) is 0 Å². The maximum Gasteiger partial charge on any atom is 0.261 e. The van der Waals surface area contributed by atoms with Crippen molar-refractivity contribution < 1.29 is 9.59 Å². The summed E-state index contributed by atoms with van der Waals surface area (Å²) < 4.78 is 0. The van der Waals surface area contributed by atoms with E-state index in [9.17, 15) is 14.4 Å². The summed E-state index contributed by atoms with van der Waals surface area (Å²) in [5, 5.41) is 0. The standard InChI is InChI=1S/C17H23N3O3/c1-3-19-4-6-20(7-5-19)17(23)13-10-12-14(18-16(13)22)8-11(2)9-15(12)21/h10-11H,3-9H2,1-2H3,(H,18,22). The van der Waals surface area contributed by atoms with E-state index in [2.05, 4.69) is 16.8 Å². The van der Waals surface area contributed by atoms with E-state index in [1.165, 1.54) is 6.07 Å². The lowest BCUT2D eigenvalue weighted by atomic mass is 9.86. The third-order valence-electron chi connectivity index (χ3n) is 4.85. The SMILES string of the molecule is CCN1CCN(C(=O)c2cc3c([nH]c2=O)CC(C)CC3=O)CC1. The molecule has 124 valence electrons. The molecule has 1 N–H and O–H groups in total. The highest BCUT2D eigenvalue weighted by atomic mass is 16.2. The van der Waals surface area contributed by atoms with Crippen molar-refractivity contribution in [3.8, 4) is 0 Å². The van der Waals surface area contributed by atoms with Crippen molar-refractivity contribution in [1.82, 2.24) is 14.8 Å². The molecule has 1 unspecified atom stereocenters. The molecule has 0 saturated carbocycles. The number of Topliss-reactive ketones (excluding diaryl/α,β-unsaturated/α-hetero) is 1. The minimum atomic E-state index is -0.381. The molecule has 3 rings (SSSR count). The van der Waals surface area contributed by atoms with Crippen molar-refractivity contribution in [3.63, 3.8) is 0 Å². The van der Waals surface area contributed by atoms with E-state index in [0.29, 0.717) is 37.2 Å². The third kappa shape index (κ3) is 3.08. The summed E-state index contributed by atoms with van der Waals surface area (Å²) in [6, 6.07) is 1.51. The van der Waals surface area contributed by atoms with Crippen LogP contribution in [0.15, 0.2) is 10.9 Å². The van der Waals surface area contributed by atoms with Gasteiger partial charge in [0.1, 0.15) is 5.56 Å². The summed E-state index contributed by atoms with van der Waals surface area (Å²) in [5.41, 5.74) is 0.898. The average molecular weight is 317 g/mol. The van der Waals surface area contributed by atoms with Crippen molar-refractivity contribution in [2.75, 3.05) is 32.7 Å². The number of aromatic nitrogens is 1. The summed E-state index contributed by atoms with van der Waals surface area (Å²) in [6.07, 6.45) is 1.15. The number of amides is 1. The quantitative estimate of drug-likeness (QED) is 0.880. The van der Waals surface area contributed by atoms with Crippen LogP contribution >= 0.6 is 0 Å². The number of nitrogens with zero attached hydrogens (tertiary/aromatic N) is 2. The molecule has 0 spiro atoms. The first-order chi connectivity index (χ1) is 11.0. The Morgan fingerprint density at radius 3 is 2.57 bits per heavy atom. The van der Waals surface area contributed by atoms with Gasteiger partial charge in [0.25, 0.3) is 11.5 Å². The second-order valence-electron chi connectivity index (χ2n) is 6.57. The lowest BCUT2D eigenvalue weighted by molar-refractivity contribution is 0.0641. The highest BCUT2D eigenvalue weighted by molar-refractivity contribution is 6.01. The Morgan fingerprint density at radius 1 is 1.22 bits per heavy atom. The molecule has 1 aliphatic carbocycles. The third-order valence-corrected chi connectivity index (χ3v) is 4.85. The van der Waals surface area contributed by atoms with Crippen LogP contribution in [0.25, 0.3) is 0 Å². The Balaban J connectivity index is 1.86. The Morgan fingerprint density at radius 2 is 1.91 bits per heavy atom. The van der Waals surface area contributed by atoms with E-state index in [4.69, 9.17) is 0 Å². The number of ketones is 1. The first-order valence-electron chi connectivity index (χ1n) is 8.30. The molecular weight excluding hydrogens is 294 g/mol. The van der Waals surface area contributed by atoms with Crippen LogP contribution in [0.3, 0.4) is 0 Å². The number of aromatic amines is 1. The average Bonchev–Trinajstić information content (AvgIpc) is 2.53. The lowest BCUT2D eigenvalue weighted by Gasteiger charge is -2.34. The summed E-state index contributed by atoms with van der Waals surface area (Å²) in [4.78, 5) is 43.9. The first kappa shape index (κ1) is 15.9. The molecule has 1 atom stereocenters. The van der Waals surface area contributed by atoms with Gasteiger partial charge in [-0.15, -0.1) is 0 Å². The molecule has 2 heterocycles. The number of carbonyl (C=O) groups is 2. The Bertz CT molecular complexity index is 687. The van der Waals surface area contributed by atoms with Gasteiger partial charge in [-0.25, -0.2) is 0 Å². The van der Waals surface area contributed by atoms with Crippen molar-refractivity contribution in [3.05, 3.63) is 33.2 Å². The summed E-state index contributed by atoms with van der Waals surface area (Å²) in [7, 11) is 0. The summed E-state index contributed by atoms with van der Waals surface area (Å²) in [6.45, 7) is 7.93. The number of hydrogen-bond donors (Lipinski definition) is 1. The number of hydrogen-bond acceptors (Lipinski definition) is 4. The monoisotopic (exact) mass is 317 g/mol. The number of pyridine rings is 1. The molecule has 1 aliphatic heterocycles. The molecule has 0 radical (unpaired) electrons. The van der Waals surface area contributed by atoms with Crippen LogP contribution in [0, 0.1) is 5.92 Å². The molecular formula is C17H23N3O3. The predicted octanol–water partition coefficient (Wildman–Crippen LogP) is 0.918. The van der Waals surface area contributed by atoms with Gasteiger partial charge < -0.3 is 14.8 Å². The number of nitrogens with one attached hydrogen (secondary N) is 1. The Hall–Kier alpha value is -1.95. The zero-order valence-electron chi connectivity index (χ0n) is 13.7. The minimum Gasteiger partial charge on any atom is -0.336 e. The van der Waals surface area contributed by atoms with Gasteiger partial charge in [-0.3, -0.25) is 14.4 Å². The fraction of sp³-hybridized carbons (Fsp3) is 0.588. The Kier molecular flexibility index (Phi) is 4.35. The largest absolute Gasteiger partial charge is 0.336 e. The number of H-pyrrole nitrogens is 1. The molecule has 6 nitrogen and oxygen atoms in total. The molecule has 1 fully saturated rings. The molecule has 1 aromatic heterocycles. The maximum atomic E-state index is 12.6. The normalized spacial score (nSPS) is 22.1. The van der Waals surface area contributed by atoms with Crippen LogP contribution in [0.5, 0.6) is 0 Å². The molecule has 0 aromatic carbocycles. The topological polar surface area (TPSA) is 73.5 Å². The highest BCUT2D eigenvalue weighted by Gasteiger charge is 2.28. The minimum absolute atomic E-state index is 0.0138. The van der Waals surface area contributed by atoms with Crippen LogP contribution in [0.2, 0.25) is 0 Å². The zero-order valence-corrected chi connectivity index (χ0v) is 13.7. The second kappa shape index (κ2) is 6.28. The molecule has 2 aliphatic rings. The first-order valence-corrected chi connectivity index (χ1v) is 8.30. The van der Waals surface area contributed by atoms with E-state index in [-0.39, 0.29) is 28.7 Å². The van der Waals surface area contributed by atoms with Gasteiger partial charge >= 0.3 is 0 Å². The number of piperazine rings is 1. The smallest absolute Gasteiger partial charge is 0.261 e. The van der Waals surface area contributed by atoms with Gasteiger partial charge in [-0.2, -0.15) is 0 Å². The van der Waals surface area contributed by atoms with Crippen LogP contribution < -0.4 is 5.56 Å². The molecule has 1 aromatic rings. The number of rotatable bonds is 2. The number of fused-ring (bicyclic) bond motifs is 1. The van der Waals surface area contributed by atoms with Gasteiger partial charge in [0, 0.05) is 43.9 Å². The second-order valence-corrected chi connectivity index (χ2v) is 6.57. The van der Waals surface area contributed by atoms with Crippen LogP contribution in [0.1, 0.15) is 46.7 Å². The van der Waals surface area contributed by atoms with Gasteiger partial charge in [-0.1, -0.05) is 13.8 Å². The number of likely N-dealkylation sites (N-methyl/N-ethyl adjacent to an activating group) is 1. The zero-order chi connectivity index (χ0) is 16.6. The summed E-state index contributed by atoms with van der Waals surface area (Å²) in [5.74, 6) is -0.0228. The fourth-order valence-electron chi connectivity index (χ4n) is 3.42. The molecule has 0 bridgehead atoms. The van der Waals surface area contributed by atoms with E-state index >= 15 is 0 Å². The molecule has 6 heteroatoms. The van der Waals surface area contributed by atoms with Crippen LogP contribution in [-0.2, 0) is 6.42 Å². The fourth-order valence-corrected chi connectivity index (χ4v) is 3.42. The van der Waals surface area contributed by atoms with E-state index < -0.39 is 0 Å². The molecule has 1 saturated heterocycles. The molecule has 1 amide bonds. The van der Waals surface area contributed by atoms with Crippen molar-refractivity contribution in [1.29, 1.82) is 0 Å². The van der Waals surface area contributed by atoms with Crippen LogP contribution in [-0.4, -0.2) is 59.2 Å². The lowest BCUT2D eigenvalue weighted by Crippen LogP contribution is -2.49. The van der Waals surface area contributed by atoms with E-state index in [1.54, 1.807) is 4.90 Å². The highest BCUT2D eigenvalue weighted by Crippen LogP contribution is 2.23. The van der Waals surface area contributed by atoms with Gasteiger partial charge in [-0.05, 0) is 24.9 Å². The van der Waals surface area contributed by atoms with E-state index in [1.807, 2.05) is 6.92 Å². The Labute approximate surface area is 135 Å². The van der Waals surface area contributed by atoms with Crippen molar-refractivity contribution in [2.45, 2.75) is 26.7 Å². The van der Waals surface area contributed by atoms with Gasteiger partial charge in [0.15, 0.2) is 5.78 Å². The summed E-state index contributed by atoms with van der Waals surface area (Å²) >= 11 is 0.